The molecule has 3 aromatic carbocycles. The van der Waals surface area contributed by atoms with Crippen molar-refractivity contribution < 1.29 is 23.5 Å². The number of carbonyl (C=O) groups is 2. The fraction of sp³-hybridized carbons (Fsp3) is 0.233. The van der Waals surface area contributed by atoms with Crippen molar-refractivity contribution in [3.63, 3.8) is 0 Å². The third-order valence-electron chi connectivity index (χ3n) is 6.44. The second-order valence-electron chi connectivity index (χ2n) is 9.02. The molecule has 1 unspecified atom stereocenters. The SMILES string of the molecule is O=C(Oc1ccc2cc(C(=O)NCC3CCCO3)c(=O)oc2c1)c1ccccc1CCc1ccccc1. The second kappa shape index (κ2) is 11.2. The summed E-state index contributed by atoms with van der Waals surface area (Å²) in [7, 11) is 0. The Morgan fingerprint density at radius 3 is 2.54 bits per heavy atom. The van der Waals surface area contributed by atoms with E-state index in [1.54, 1.807) is 24.3 Å². The van der Waals surface area contributed by atoms with Crippen LogP contribution in [0.15, 0.2) is 88.1 Å². The highest BCUT2D eigenvalue weighted by atomic mass is 16.5. The summed E-state index contributed by atoms with van der Waals surface area (Å²) in [6.45, 7) is 1.03. The van der Waals surface area contributed by atoms with Gasteiger partial charge in [-0.25, -0.2) is 9.59 Å². The molecule has 1 aromatic heterocycles. The molecule has 5 rings (SSSR count). The first-order valence-corrected chi connectivity index (χ1v) is 12.4. The Bertz CT molecular complexity index is 1470. The number of carbonyl (C=O) groups excluding carboxylic acids is 2. The first-order valence-electron chi connectivity index (χ1n) is 12.4. The average molecular weight is 498 g/mol. The van der Waals surface area contributed by atoms with E-state index >= 15 is 0 Å². The van der Waals surface area contributed by atoms with Gasteiger partial charge in [0, 0.05) is 24.6 Å². The summed E-state index contributed by atoms with van der Waals surface area (Å²) >= 11 is 0. The van der Waals surface area contributed by atoms with Crippen molar-refractivity contribution in [3.8, 4) is 5.75 Å². The highest BCUT2D eigenvalue weighted by molar-refractivity contribution is 5.97. The van der Waals surface area contributed by atoms with E-state index < -0.39 is 17.5 Å². The van der Waals surface area contributed by atoms with E-state index in [2.05, 4.69) is 17.4 Å². The summed E-state index contributed by atoms with van der Waals surface area (Å²) in [5.74, 6) is -0.752. The standard InChI is InChI=1S/C30H27NO6/c32-28(31-19-24-10-6-16-35-24)26-17-22-14-15-23(18-27(22)37-30(26)34)36-29(33)25-11-5-4-9-21(25)13-12-20-7-2-1-3-8-20/h1-5,7-9,11,14-15,17-18,24H,6,10,12-13,16,19H2,(H,31,32). The highest BCUT2D eigenvalue weighted by Crippen LogP contribution is 2.23. The Morgan fingerprint density at radius 2 is 1.73 bits per heavy atom. The quantitative estimate of drug-likeness (QED) is 0.215. The zero-order chi connectivity index (χ0) is 25.6. The van der Waals surface area contributed by atoms with Crippen molar-refractivity contribution in [3.05, 3.63) is 112 Å². The van der Waals surface area contributed by atoms with Crippen LogP contribution in [-0.2, 0) is 17.6 Å². The molecule has 1 amide bonds. The van der Waals surface area contributed by atoms with Gasteiger partial charge in [-0.1, -0.05) is 48.5 Å². The van der Waals surface area contributed by atoms with Gasteiger partial charge in [-0.2, -0.15) is 0 Å². The van der Waals surface area contributed by atoms with Gasteiger partial charge in [-0.15, -0.1) is 0 Å². The van der Waals surface area contributed by atoms with Gasteiger partial charge < -0.3 is 19.2 Å². The molecule has 188 valence electrons. The predicted molar refractivity (Wildman–Crippen MR) is 139 cm³/mol. The molecule has 0 aliphatic carbocycles. The van der Waals surface area contributed by atoms with E-state index in [9.17, 15) is 14.4 Å². The van der Waals surface area contributed by atoms with Crippen LogP contribution in [0.25, 0.3) is 11.0 Å². The number of benzene rings is 3. The van der Waals surface area contributed by atoms with Crippen LogP contribution in [0.2, 0.25) is 0 Å². The largest absolute Gasteiger partial charge is 0.423 e. The molecule has 37 heavy (non-hydrogen) atoms. The monoisotopic (exact) mass is 497 g/mol. The Kier molecular flexibility index (Phi) is 7.42. The lowest BCUT2D eigenvalue weighted by Gasteiger charge is -2.11. The highest BCUT2D eigenvalue weighted by Gasteiger charge is 2.20. The van der Waals surface area contributed by atoms with Crippen LogP contribution in [0.4, 0.5) is 0 Å². The van der Waals surface area contributed by atoms with Gasteiger partial charge >= 0.3 is 11.6 Å². The first-order chi connectivity index (χ1) is 18.1. The van der Waals surface area contributed by atoms with Crippen LogP contribution in [0.3, 0.4) is 0 Å². The Labute approximate surface area is 214 Å². The zero-order valence-electron chi connectivity index (χ0n) is 20.3. The van der Waals surface area contributed by atoms with Crippen molar-refractivity contribution in [1.29, 1.82) is 0 Å². The number of esters is 1. The fourth-order valence-corrected chi connectivity index (χ4v) is 4.44. The number of fused-ring (bicyclic) bond motifs is 1. The normalized spacial score (nSPS) is 15.0. The molecule has 0 spiro atoms. The van der Waals surface area contributed by atoms with Crippen LogP contribution in [0.5, 0.6) is 5.75 Å². The Hall–Kier alpha value is -4.23. The third-order valence-corrected chi connectivity index (χ3v) is 6.44. The van der Waals surface area contributed by atoms with E-state index in [1.807, 2.05) is 30.3 Å². The van der Waals surface area contributed by atoms with Crippen LogP contribution in [0.1, 0.15) is 44.7 Å². The van der Waals surface area contributed by atoms with Crippen LogP contribution in [0, 0.1) is 0 Å². The maximum absolute atomic E-state index is 13.0. The zero-order valence-corrected chi connectivity index (χ0v) is 20.3. The average Bonchev–Trinajstić information content (AvgIpc) is 3.45. The van der Waals surface area contributed by atoms with Crippen LogP contribution < -0.4 is 15.7 Å². The van der Waals surface area contributed by atoms with Crippen molar-refractivity contribution in [2.75, 3.05) is 13.2 Å². The number of hydrogen-bond donors (Lipinski definition) is 1. The lowest BCUT2D eigenvalue weighted by molar-refractivity contribution is 0.0733. The number of nitrogens with one attached hydrogen (secondary N) is 1. The van der Waals surface area contributed by atoms with Gasteiger partial charge in [0.1, 0.15) is 16.9 Å². The van der Waals surface area contributed by atoms with E-state index in [1.165, 1.54) is 17.7 Å². The van der Waals surface area contributed by atoms with E-state index in [-0.39, 0.29) is 23.0 Å². The van der Waals surface area contributed by atoms with Gasteiger partial charge in [0.2, 0.25) is 0 Å². The summed E-state index contributed by atoms with van der Waals surface area (Å²) in [4.78, 5) is 38.0. The summed E-state index contributed by atoms with van der Waals surface area (Å²) < 4.78 is 16.5. The molecule has 1 N–H and O–H groups in total. The minimum Gasteiger partial charge on any atom is -0.423 e. The number of ether oxygens (including phenoxy) is 2. The Balaban J connectivity index is 1.29. The summed E-state index contributed by atoms with van der Waals surface area (Å²) in [6, 6.07) is 23.7. The molecule has 0 bridgehead atoms. The molecule has 0 radical (unpaired) electrons. The van der Waals surface area contributed by atoms with Gasteiger partial charge in [0.05, 0.1) is 11.7 Å². The van der Waals surface area contributed by atoms with Crippen molar-refractivity contribution in [2.24, 2.45) is 0 Å². The first kappa shape index (κ1) is 24.5. The summed E-state index contributed by atoms with van der Waals surface area (Å²) in [5.41, 5.74) is 1.95. The predicted octanol–water partition coefficient (Wildman–Crippen LogP) is 4.71. The second-order valence-corrected chi connectivity index (χ2v) is 9.02. The van der Waals surface area contributed by atoms with Gasteiger partial charge in [0.15, 0.2) is 0 Å². The molecule has 1 aliphatic rings. The number of hydrogen-bond acceptors (Lipinski definition) is 6. The molecule has 1 saturated heterocycles. The molecule has 0 saturated carbocycles. The molecular formula is C30H27NO6. The smallest absolute Gasteiger partial charge is 0.349 e. The van der Waals surface area contributed by atoms with Gasteiger partial charge in [-0.05, 0) is 61.1 Å². The Morgan fingerprint density at radius 1 is 0.919 bits per heavy atom. The fourth-order valence-electron chi connectivity index (χ4n) is 4.44. The maximum Gasteiger partial charge on any atom is 0.349 e. The van der Waals surface area contributed by atoms with Crippen LogP contribution in [-0.4, -0.2) is 31.1 Å². The number of amides is 1. The lowest BCUT2D eigenvalue weighted by Crippen LogP contribution is -2.34. The number of aryl methyl sites for hydroxylation is 2. The minimum absolute atomic E-state index is 0.0304. The van der Waals surface area contributed by atoms with E-state index in [4.69, 9.17) is 13.9 Å². The van der Waals surface area contributed by atoms with Crippen molar-refractivity contribution in [2.45, 2.75) is 31.8 Å². The third kappa shape index (κ3) is 5.95. The van der Waals surface area contributed by atoms with Crippen molar-refractivity contribution >= 4 is 22.8 Å². The molecule has 1 fully saturated rings. The van der Waals surface area contributed by atoms with E-state index in [0.717, 1.165) is 24.8 Å². The van der Waals surface area contributed by atoms with Gasteiger partial charge in [-0.3, -0.25) is 4.79 Å². The molecule has 1 aliphatic heterocycles. The molecule has 7 heteroatoms. The molecular weight excluding hydrogens is 470 g/mol. The summed E-state index contributed by atoms with van der Waals surface area (Å²) in [5, 5.41) is 3.28. The lowest BCUT2D eigenvalue weighted by atomic mass is 10.00. The van der Waals surface area contributed by atoms with Gasteiger partial charge in [0.25, 0.3) is 5.91 Å². The summed E-state index contributed by atoms with van der Waals surface area (Å²) in [6.07, 6.45) is 3.31. The number of rotatable bonds is 8. The maximum atomic E-state index is 13.0. The molecule has 4 aromatic rings. The minimum atomic E-state index is -0.757. The van der Waals surface area contributed by atoms with E-state index in [0.29, 0.717) is 30.5 Å². The molecule has 7 nitrogen and oxygen atoms in total. The molecule has 2 heterocycles. The van der Waals surface area contributed by atoms with Crippen LogP contribution >= 0.6 is 0 Å². The molecule has 1 atom stereocenters. The van der Waals surface area contributed by atoms with Crippen molar-refractivity contribution in [1.82, 2.24) is 5.32 Å². The topological polar surface area (TPSA) is 94.8 Å².